The van der Waals surface area contributed by atoms with E-state index in [2.05, 4.69) is 9.88 Å². The average molecular weight is 284 g/mol. The van der Waals surface area contributed by atoms with Crippen molar-refractivity contribution in [1.29, 1.82) is 0 Å². The smallest absolute Gasteiger partial charge is 0.312 e. The van der Waals surface area contributed by atoms with Crippen molar-refractivity contribution < 1.29 is 19.7 Å². The zero-order valence-corrected chi connectivity index (χ0v) is 11.2. The van der Waals surface area contributed by atoms with Crippen molar-refractivity contribution in [3.8, 4) is 0 Å². The molecule has 0 bridgehead atoms. The molecule has 3 rings (SSSR count). The predicted octanol–water partition coefficient (Wildman–Crippen LogP) is 0.455. The number of carboxylic acids is 1. The van der Waals surface area contributed by atoms with E-state index in [9.17, 15) is 4.79 Å². The summed E-state index contributed by atoms with van der Waals surface area (Å²) in [6, 6.07) is 0. The summed E-state index contributed by atoms with van der Waals surface area (Å²) in [5.41, 5.74) is 0.736. The van der Waals surface area contributed by atoms with Crippen LogP contribution in [0.15, 0.2) is 0 Å². The van der Waals surface area contributed by atoms with E-state index in [4.69, 9.17) is 14.9 Å². The van der Waals surface area contributed by atoms with Gasteiger partial charge in [0.25, 0.3) is 0 Å². The van der Waals surface area contributed by atoms with Gasteiger partial charge >= 0.3 is 5.97 Å². The standard InChI is InChI=1S/C12H16N2O4S/c15-6-7-5-14(3-4-18-7)12-13-10-8(11(16)17)1-2-9(10)19-12/h7-8,15H,1-6H2,(H,16,17). The van der Waals surface area contributed by atoms with Crippen molar-refractivity contribution in [1.82, 2.24) is 4.98 Å². The Kier molecular flexibility index (Phi) is 3.42. The number of carbonyl (C=O) groups is 1. The van der Waals surface area contributed by atoms with Gasteiger partial charge in [0, 0.05) is 18.0 Å². The molecule has 19 heavy (non-hydrogen) atoms. The number of aryl methyl sites for hydroxylation is 1. The number of ether oxygens (including phenoxy) is 1. The molecule has 2 N–H and O–H groups in total. The molecule has 1 aliphatic heterocycles. The highest BCUT2D eigenvalue weighted by molar-refractivity contribution is 7.15. The molecule has 2 heterocycles. The van der Waals surface area contributed by atoms with Gasteiger partial charge in [0.2, 0.25) is 0 Å². The van der Waals surface area contributed by atoms with E-state index in [-0.39, 0.29) is 12.7 Å². The number of thiazole rings is 1. The fourth-order valence-electron chi connectivity index (χ4n) is 2.59. The number of aliphatic hydroxyl groups excluding tert-OH is 1. The van der Waals surface area contributed by atoms with Crippen LogP contribution >= 0.6 is 11.3 Å². The normalized spacial score (nSPS) is 26.5. The number of carboxylic acid groups (broad SMARTS) is 1. The second-order valence-corrected chi connectivity index (χ2v) is 5.92. The number of aromatic nitrogens is 1. The van der Waals surface area contributed by atoms with Gasteiger partial charge in [-0.15, -0.1) is 11.3 Å². The minimum absolute atomic E-state index is 0.000654. The molecule has 0 amide bonds. The van der Waals surface area contributed by atoms with Gasteiger partial charge in [0.1, 0.15) is 5.92 Å². The summed E-state index contributed by atoms with van der Waals surface area (Å²) < 4.78 is 5.41. The molecule has 2 atom stereocenters. The van der Waals surface area contributed by atoms with E-state index in [0.29, 0.717) is 19.6 Å². The first kappa shape index (κ1) is 12.8. The third-order valence-corrected chi connectivity index (χ3v) is 4.81. The molecule has 0 spiro atoms. The van der Waals surface area contributed by atoms with E-state index >= 15 is 0 Å². The summed E-state index contributed by atoms with van der Waals surface area (Å²) in [6.45, 7) is 1.92. The number of nitrogens with zero attached hydrogens (tertiary/aromatic N) is 2. The first-order chi connectivity index (χ1) is 9.19. The zero-order chi connectivity index (χ0) is 13.4. The van der Waals surface area contributed by atoms with Crippen molar-refractivity contribution in [2.75, 3.05) is 31.2 Å². The summed E-state index contributed by atoms with van der Waals surface area (Å²) in [6.07, 6.45) is 1.28. The Morgan fingerprint density at radius 1 is 1.58 bits per heavy atom. The van der Waals surface area contributed by atoms with Crippen LogP contribution in [0, 0.1) is 0 Å². The Labute approximate surface area is 114 Å². The van der Waals surface area contributed by atoms with E-state index in [1.165, 1.54) is 0 Å². The van der Waals surface area contributed by atoms with Gasteiger partial charge < -0.3 is 19.8 Å². The summed E-state index contributed by atoms with van der Waals surface area (Å²) in [5.74, 6) is -1.24. The van der Waals surface area contributed by atoms with Gasteiger partial charge in [0.15, 0.2) is 5.13 Å². The van der Waals surface area contributed by atoms with E-state index < -0.39 is 11.9 Å². The van der Waals surface area contributed by atoms with Gasteiger partial charge in [-0.25, -0.2) is 4.98 Å². The first-order valence-electron chi connectivity index (χ1n) is 6.39. The molecule has 0 aromatic carbocycles. The number of hydrogen-bond donors (Lipinski definition) is 2. The zero-order valence-electron chi connectivity index (χ0n) is 10.4. The van der Waals surface area contributed by atoms with Gasteiger partial charge in [0.05, 0.1) is 25.0 Å². The molecule has 1 aromatic heterocycles. The molecule has 104 valence electrons. The van der Waals surface area contributed by atoms with Crippen molar-refractivity contribution in [3.63, 3.8) is 0 Å². The topological polar surface area (TPSA) is 82.9 Å². The van der Waals surface area contributed by atoms with Crippen LogP contribution in [0.2, 0.25) is 0 Å². The Morgan fingerprint density at radius 2 is 2.42 bits per heavy atom. The van der Waals surface area contributed by atoms with Crippen LogP contribution < -0.4 is 4.90 Å². The van der Waals surface area contributed by atoms with Gasteiger partial charge in [-0.3, -0.25) is 4.79 Å². The summed E-state index contributed by atoms with van der Waals surface area (Å²) in [4.78, 5) is 18.8. The Bertz CT molecular complexity index is 490. The minimum atomic E-state index is -0.786. The van der Waals surface area contributed by atoms with Gasteiger partial charge in [-0.05, 0) is 12.8 Å². The average Bonchev–Trinajstić information content (AvgIpc) is 2.98. The van der Waals surface area contributed by atoms with Gasteiger partial charge in [-0.1, -0.05) is 0 Å². The lowest BCUT2D eigenvalue weighted by Crippen LogP contribution is -2.44. The second kappa shape index (κ2) is 5.07. The maximum absolute atomic E-state index is 11.1. The third kappa shape index (κ3) is 2.33. The molecular weight excluding hydrogens is 268 g/mol. The lowest BCUT2D eigenvalue weighted by molar-refractivity contribution is -0.138. The highest BCUT2D eigenvalue weighted by Crippen LogP contribution is 2.39. The third-order valence-electron chi connectivity index (χ3n) is 3.62. The Hall–Kier alpha value is -1.18. The van der Waals surface area contributed by atoms with Gasteiger partial charge in [-0.2, -0.15) is 0 Å². The first-order valence-corrected chi connectivity index (χ1v) is 7.20. The fraction of sp³-hybridized carbons (Fsp3) is 0.667. The van der Waals surface area contributed by atoms with Crippen LogP contribution in [0.1, 0.15) is 22.9 Å². The lowest BCUT2D eigenvalue weighted by Gasteiger charge is -2.31. The number of aliphatic hydroxyl groups is 1. The van der Waals surface area contributed by atoms with Crippen molar-refractivity contribution in [2.24, 2.45) is 0 Å². The van der Waals surface area contributed by atoms with Crippen molar-refractivity contribution in [3.05, 3.63) is 10.6 Å². The van der Waals surface area contributed by atoms with Crippen LogP contribution in [0.5, 0.6) is 0 Å². The monoisotopic (exact) mass is 284 g/mol. The highest BCUT2D eigenvalue weighted by atomic mass is 32.1. The Balaban J connectivity index is 1.80. The summed E-state index contributed by atoms with van der Waals surface area (Å²) in [5, 5.41) is 19.2. The minimum Gasteiger partial charge on any atom is -0.481 e. The molecule has 6 nitrogen and oxygen atoms in total. The quantitative estimate of drug-likeness (QED) is 0.839. The number of hydrogen-bond acceptors (Lipinski definition) is 6. The van der Waals surface area contributed by atoms with Crippen LogP contribution in [-0.4, -0.2) is 53.6 Å². The molecular formula is C12H16N2O4S. The van der Waals surface area contributed by atoms with Crippen LogP contribution in [-0.2, 0) is 16.0 Å². The van der Waals surface area contributed by atoms with Crippen molar-refractivity contribution in [2.45, 2.75) is 24.9 Å². The van der Waals surface area contributed by atoms with E-state index in [1.807, 2.05) is 0 Å². The molecule has 2 aliphatic rings. The summed E-state index contributed by atoms with van der Waals surface area (Å²) >= 11 is 1.58. The largest absolute Gasteiger partial charge is 0.481 e. The van der Waals surface area contributed by atoms with E-state index in [1.54, 1.807) is 11.3 Å². The maximum Gasteiger partial charge on any atom is 0.312 e. The molecule has 1 aromatic rings. The number of aliphatic carboxylic acids is 1. The second-order valence-electron chi connectivity index (χ2n) is 4.86. The molecule has 0 saturated carbocycles. The molecule has 2 unspecified atom stereocenters. The maximum atomic E-state index is 11.1. The number of anilines is 1. The SMILES string of the molecule is O=C(O)C1CCc2sc(N3CCOC(CO)C3)nc21. The highest BCUT2D eigenvalue weighted by Gasteiger charge is 2.34. The van der Waals surface area contributed by atoms with Crippen molar-refractivity contribution >= 4 is 22.4 Å². The predicted molar refractivity (Wildman–Crippen MR) is 69.9 cm³/mol. The fourth-order valence-corrected chi connectivity index (χ4v) is 3.77. The molecule has 7 heteroatoms. The molecule has 1 saturated heterocycles. The molecule has 1 fully saturated rings. The molecule has 0 radical (unpaired) electrons. The van der Waals surface area contributed by atoms with Crippen LogP contribution in [0.3, 0.4) is 0 Å². The van der Waals surface area contributed by atoms with E-state index in [0.717, 1.165) is 28.7 Å². The Morgan fingerprint density at radius 3 is 3.16 bits per heavy atom. The lowest BCUT2D eigenvalue weighted by atomic mass is 10.1. The molecule has 1 aliphatic carbocycles. The number of rotatable bonds is 3. The van der Waals surface area contributed by atoms with Crippen LogP contribution in [0.4, 0.5) is 5.13 Å². The summed E-state index contributed by atoms with van der Waals surface area (Å²) in [7, 11) is 0. The number of fused-ring (bicyclic) bond motifs is 1. The number of morpholine rings is 1. The van der Waals surface area contributed by atoms with Crippen LogP contribution in [0.25, 0.3) is 0 Å².